The van der Waals surface area contributed by atoms with E-state index in [4.69, 9.17) is 9.88 Å². The second kappa shape index (κ2) is 6.03. The number of nitrogens with zero attached hydrogens (tertiary/aromatic N) is 1. The molecule has 1 fully saturated rings. The normalized spacial score (nSPS) is 20.6. The van der Waals surface area contributed by atoms with Crippen LogP contribution in [0.5, 0.6) is 5.75 Å². The second-order valence-electron chi connectivity index (χ2n) is 5.14. The fraction of sp³-hybridized carbons (Fsp3) is 0.500. The lowest BCUT2D eigenvalue weighted by molar-refractivity contribution is -0.129. The summed E-state index contributed by atoms with van der Waals surface area (Å²) in [5.74, 6) is 0.582. The second-order valence-corrected chi connectivity index (χ2v) is 6.98. The lowest BCUT2D eigenvalue weighted by Crippen LogP contribution is -2.33. The van der Waals surface area contributed by atoms with Gasteiger partial charge in [-0.3, -0.25) is 4.79 Å². The highest BCUT2D eigenvalue weighted by molar-refractivity contribution is 7.89. The minimum Gasteiger partial charge on any atom is -0.494 e. The molecule has 2 unspecified atom stereocenters. The Hall–Kier alpha value is -1.60. The monoisotopic (exact) mass is 312 g/mol. The van der Waals surface area contributed by atoms with Crippen molar-refractivity contribution in [2.24, 2.45) is 5.14 Å². The standard InChI is InChI=1S/C14H20N2O4S/c1-3-20-12-6-4-11(5-7-12)10(2)16-9-13(8-14(16)17)21(15,18)19/h4-7,10,13H,3,8-9H2,1-2H3,(H2,15,18,19). The van der Waals surface area contributed by atoms with E-state index in [9.17, 15) is 13.2 Å². The third kappa shape index (κ3) is 3.54. The van der Waals surface area contributed by atoms with E-state index in [1.165, 1.54) is 0 Å². The van der Waals surface area contributed by atoms with E-state index in [-0.39, 0.29) is 24.9 Å². The van der Waals surface area contributed by atoms with E-state index < -0.39 is 15.3 Å². The third-order valence-electron chi connectivity index (χ3n) is 3.73. The summed E-state index contributed by atoms with van der Waals surface area (Å²) in [7, 11) is -3.68. The van der Waals surface area contributed by atoms with Crippen molar-refractivity contribution in [3.8, 4) is 5.75 Å². The molecule has 7 heteroatoms. The number of likely N-dealkylation sites (tertiary alicyclic amines) is 1. The zero-order valence-corrected chi connectivity index (χ0v) is 13.0. The predicted octanol–water partition coefficient (Wildman–Crippen LogP) is 1.04. The number of hydrogen-bond donors (Lipinski definition) is 1. The Kier molecular flexibility index (Phi) is 4.53. The number of carbonyl (C=O) groups is 1. The summed E-state index contributed by atoms with van der Waals surface area (Å²) in [5.41, 5.74) is 0.932. The molecule has 0 saturated carbocycles. The Balaban J connectivity index is 2.13. The summed E-state index contributed by atoms with van der Waals surface area (Å²) in [4.78, 5) is 13.6. The van der Waals surface area contributed by atoms with Crippen molar-refractivity contribution in [3.63, 3.8) is 0 Å². The Morgan fingerprint density at radius 2 is 2.00 bits per heavy atom. The van der Waals surface area contributed by atoms with Crippen molar-refractivity contribution in [3.05, 3.63) is 29.8 Å². The molecule has 1 aliphatic rings. The lowest BCUT2D eigenvalue weighted by atomic mass is 10.1. The molecule has 1 amide bonds. The van der Waals surface area contributed by atoms with Crippen LogP contribution in [0.3, 0.4) is 0 Å². The first-order valence-corrected chi connectivity index (χ1v) is 8.47. The summed E-state index contributed by atoms with van der Waals surface area (Å²) in [6.07, 6.45) is -0.0415. The van der Waals surface area contributed by atoms with E-state index in [1.54, 1.807) is 4.90 Å². The van der Waals surface area contributed by atoms with Gasteiger partial charge in [-0.1, -0.05) is 12.1 Å². The van der Waals surface area contributed by atoms with Crippen molar-refractivity contribution in [2.75, 3.05) is 13.2 Å². The maximum atomic E-state index is 12.0. The van der Waals surface area contributed by atoms with Gasteiger partial charge in [-0.2, -0.15) is 0 Å². The molecular formula is C14H20N2O4S. The van der Waals surface area contributed by atoms with Crippen molar-refractivity contribution >= 4 is 15.9 Å². The Morgan fingerprint density at radius 1 is 1.38 bits per heavy atom. The van der Waals surface area contributed by atoms with Gasteiger partial charge in [-0.25, -0.2) is 13.6 Å². The summed E-state index contributed by atoms with van der Waals surface area (Å²) in [6, 6.07) is 7.25. The molecule has 1 aromatic rings. The van der Waals surface area contributed by atoms with Gasteiger partial charge in [-0.05, 0) is 31.5 Å². The molecule has 2 rings (SSSR count). The molecule has 0 aliphatic carbocycles. The average Bonchev–Trinajstić information content (AvgIpc) is 2.81. The van der Waals surface area contributed by atoms with Crippen molar-refractivity contribution < 1.29 is 17.9 Å². The minimum absolute atomic E-state index is 0.0415. The SMILES string of the molecule is CCOc1ccc(C(C)N2CC(S(N)(=O)=O)CC2=O)cc1. The fourth-order valence-corrected chi connectivity index (χ4v) is 3.22. The van der Waals surface area contributed by atoms with Gasteiger partial charge in [0.25, 0.3) is 0 Å². The van der Waals surface area contributed by atoms with Gasteiger partial charge in [-0.15, -0.1) is 0 Å². The number of hydrogen-bond acceptors (Lipinski definition) is 4. The summed E-state index contributed by atoms with van der Waals surface area (Å²) in [5, 5.41) is 4.32. The maximum absolute atomic E-state index is 12.0. The van der Waals surface area contributed by atoms with Crippen LogP contribution in [0, 0.1) is 0 Å². The molecule has 116 valence electrons. The van der Waals surface area contributed by atoms with Gasteiger partial charge in [0.2, 0.25) is 15.9 Å². The van der Waals surface area contributed by atoms with Crippen LogP contribution in [0.4, 0.5) is 0 Å². The number of amides is 1. The van der Waals surface area contributed by atoms with Crippen molar-refractivity contribution in [1.82, 2.24) is 4.90 Å². The van der Waals surface area contributed by atoms with Gasteiger partial charge in [0.05, 0.1) is 12.6 Å². The van der Waals surface area contributed by atoms with Crippen LogP contribution in [0.25, 0.3) is 0 Å². The van der Waals surface area contributed by atoms with Gasteiger partial charge in [0, 0.05) is 13.0 Å². The molecule has 21 heavy (non-hydrogen) atoms. The highest BCUT2D eigenvalue weighted by Gasteiger charge is 2.38. The summed E-state index contributed by atoms with van der Waals surface area (Å²) in [6.45, 7) is 4.52. The number of primary sulfonamides is 1. The smallest absolute Gasteiger partial charge is 0.224 e. The van der Waals surface area contributed by atoms with Gasteiger partial charge >= 0.3 is 0 Å². The predicted molar refractivity (Wildman–Crippen MR) is 79.3 cm³/mol. The lowest BCUT2D eigenvalue weighted by Gasteiger charge is -2.25. The molecule has 1 saturated heterocycles. The molecule has 2 atom stereocenters. The van der Waals surface area contributed by atoms with Crippen LogP contribution in [-0.2, 0) is 14.8 Å². The molecule has 0 aromatic heterocycles. The molecule has 1 aliphatic heterocycles. The van der Waals surface area contributed by atoms with Crippen LogP contribution < -0.4 is 9.88 Å². The van der Waals surface area contributed by atoms with E-state index >= 15 is 0 Å². The zero-order valence-electron chi connectivity index (χ0n) is 12.2. The molecule has 0 radical (unpaired) electrons. The minimum atomic E-state index is -3.68. The van der Waals surface area contributed by atoms with Gasteiger partial charge in [0.1, 0.15) is 11.0 Å². The van der Waals surface area contributed by atoms with Gasteiger partial charge in [0.15, 0.2) is 0 Å². The number of sulfonamides is 1. The molecule has 2 N–H and O–H groups in total. The molecule has 0 spiro atoms. The number of ether oxygens (including phenoxy) is 1. The van der Waals surface area contributed by atoms with Crippen LogP contribution >= 0.6 is 0 Å². The van der Waals surface area contributed by atoms with E-state index in [2.05, 4.69) is 0 Å². The number of benzene rings is 1. The Morgan fingerprint density at radius 3 is 2.48 bits per heavy atom. The zero-order chi connectivity index (χ0) is 15.6. The Bertz CT molecular complexity index is 612. The molecule has 1 aromatic carbocycles. The van der Waals surface area contributed by atoms with Crippen LogP contribution in [0.15, 0.2) is 24.3 Å². The topological polar surface area (TPSA) is 89.7 Å². The summed E-state index contributed by atoms with van der Waals surface area (Å²) < 4.78 is 28.1. The van der Waals surface area contributed by atoms with E-state index in [0.717, 1.165) is 11.3 Å². The first kappa shape index (κ1) is 15.8. The van der Waals surface area contributed by atoms with Crippen molar-refractivity contribution in [2.45, 2.75) is 31.6 Å². The van der Waals surface area contributed by atoms with Crippen LogP contribution in [0.2, 0.25) is 0 Å². The van der Waals surface area contributed by atoms with Crippen LogP contribution in [-0.4, -0.2) is 37.6 Å². The first-order valence-electron chi connectivity index (χ1n) is 6.86. The number of rotatable bonds is 5. The van der Waals surface area contributed by atoms with E-state index in [0.29, 0.717) is 6.61 Å². The fourth-order valence-electron chi connectivity index (χ4n) is 2.48. The molecular weight excluding hydrogens is 292 g/mol. The average molecular weight is 312 g/mol. The molecule has 6 nitrogen and oxygen atoms in total. The highest BCUT2D eigenvalue weighted by atomic mass is 32.2. The quantitative estimate of drug-likeness (QED) is 0.879. The van der Waals surface area contributed by atoms with Crippen LogP contribution in [0.1, 0.15) is 31.9 Å². The molecule has 1 heterocycles. The van der Waals surface area contributed by atoms with E-state index in [1.807, 2.05) is 38.1 Å². The maximum Gasteiger partial charge on any atom is 0.224 e. The number of carbonyl (C=O) groups excluding carboxylic acids is 1. The van der Waals surface area contributed by atoms with Crippen molar-refractivity contribution in [1.29, 1.82) is 0 Å². The third-order valence-corrected chi connectivity index (χ3v) is 4.97. The Labute approximate surface area is 124 Å². The summed E-state index contributed by atoms with van der Waals surface area (Å²) >= 11 is 0. The molecule has 0 bridgehead atoms. The highest BCUT2D eigenvalue weighted by Crippen LogP contribution is 2.28. The van der Waals surface area contributed by atoms with Gasteiger partial charge < -0.3 is 9.64 Å². The number of nitrogens with two attached hydrogens (primary N) is 1. The largest absolute Gasteiger partial charge is 0.494 e. The first-order chi connectivity index (χ1) is 9.82.